The van der Waals surface area contributed by atoms with E-state index in [2.05, 4.69) is 10.2 Å². The van der Waals surface area contributed by atoms with Crippen molar-refractivity contribution in [1.29, 1.82) is 0 Å². The van der Waals surface area contributed by atoms with Crippen LogP contribution in [0.3, 0.4) is 0 Å². The Morgan fingerprint density at radius 1 is 0.660 bits per heavy atom. The summed E-state index contributed by atoms with van der Waals surface area (Å²) in [5.74, 6) is 2.82. The summed E-state index contributed by atoms with van der Waals surface area (Å²) in [7, 11) is 5.22. The fraction of sp³-hybridized carbons (Fsp3) is 0.122. The average molecular weight is 665 g/mol. The largest absolute Gasteiger partial charge is 0.493 e. The molecule has 0 saturated carbocycles. The van der Waals surface area contributed by atoms with E-state index in [4.69, 9.17) is 18.9 Å². The smallest absolute Gasteiger partial charge is 0.319 e. The molecule has 1 N–H and O–H groups in total. The Morgan fingerprint density at radius 2 is 1.36 bits per heavy atom. The first-order valence-corrected chi connectivity index (χ1v) is 16.1. The molecule has 2 heterocycles. The number of rotatable bonds is 12. The molecule has 0 unspecified atom stereocenters. The molecule has 0 aliphatic heterocycles. The third-order valence-electron chi connectivity index (χ3n) is 8.46. The minimum Gasteiger partial charge on any atom is -0.493 e. The van der Waals surface area contributed by atoms with E-state index in [0.29, 0.717) is 53.3 Å². The molecule has 7 rings (SSSR count). The Labute approximate surface area is 290 Å². The van der Waals surface area contributed by atoms with E-state index in [9.17, 15) is 5.11 Å². The maximum absolute atomic E-state index is 11.1. The molecule has 0 amide bonds. The molecule has 5 aromatic carbocycles. The van der Waals surface area contributed by atoms with E-state index < -0.39 is 0 Å². The second-order valence-electron chi connectivity index (χ2n) is 11.7. The van der Waals surface area contributed by atoms with E-state index in [0.717, 1.165) is 33.2 Å². The molecule has 0 fully saturated rings. The van der Waals surface area contributed by atoms with Crippen LogP contribution in [0, 0.1) is 0 Å². The van der Waals surface area contributed by atoms with E-state index in [1.165, 1.54) is 0 Å². The molecule has 9 nitrogen and oxygen atoms in total. The highest BCUT2D eigenvalue weighted by Gasteiger charge is 2.22. The summed E-state index contributed by atoms with van der Waals surface area (Å²) in [6.07, 6.45) is 5.96. The summed E-state index contributed by atoms with van der Waals surface area (Å²) in [6.45, 7) is 0.659. The molecule has 0 saturated heterocycles. The van der Waals surface area contributed by atoms with Crippen LogP contribution in [0.2, 0.25) is 0 Å². The highest BCUT2D eigenvalue weighted by molar-refractivity contribution is 5.83. The summed E-state index contributed by atoms with van der Waals surface area (Å²) in [5, 5.41) is 20.7. The van der Waals surface area contributed by atoms with Crippen LogP contribution in [0.4, 0.5) is 0 Å². The molecule has 9 heteroatoms. The van der Waals surface area contributed by atoms with Gasteiger partial charge in [0.2, 0.25) is 0 Å². The fourth-order valence-corrected chi connectivity index (χ4v) is 5.84. The monoisotopic (exact) mass is 664 g/mol. The van der Waals surface area contributed by atoms with Gasteiger partial charge in [-0.15, -0.1) is 5.10 Å². The zero-order chi connectivity index (χ0) is 34.5. The number of methoxy groups -OCH3 is 2. The van der Waals surface area contributed by atoms with Crippen molar-refractivity contribution in [2.24, 2.45) is 7.05 Å². The van der Waals surface area contributed by atoms with Crippen molar-refractivity contribution in [2.75, 3.05) is 14.2 Å². The van der Waals surface area contributed by atoms with Crippen LogP contribution in [0.5, 0.6) is 29.0 Å². The third-order valence-corrected chi connectivity index (χ3v) is 8.46. The number of aryl methyl sites for hydroxylation is 1. The molecule has 0 bridgehead atoms. The summed E-state index contributed by atoms with van der Waals surface area (Å²) < 4.78 is 27.6. The topological polar surface area (TPSA) is 92.8 Å². The Bertz CT molecular complexity index is 2280. The van der Waals surface area contributed by atoms with Gasteiger partial charge < -0.3 is 28.6 Å². The molecule has 7 aromatic rings. The van der Waals surface area contributed by atoms with Crippen LogP contribution in [0.1, 0.15) is 22.3 Å². The standard InChI is InChI=1S/C41H36N4O5/c1-44-21-20-31-23-33(17-18-35(31)44)45-40(42-43-41(45)46)34-24-32(16-14-28-15-19-36(47-2)39(22-28)48-3)37(49-26-29-10-6-4-7-11-29)25-38(34)50-27-30-12-8-5-9-13-30/h4-25H,26-27H2,1-3H3,(H,43,46)/b16-14+. The van der Waals surface area contributed by atoms with Gasteiger partial charge in [-0.05, 0) is 59.2 Å². The predicted molar refractivity (Wildman–Crippen MR) is 195 cm³/mol. The minimum absolute atomic E-state index is 0.240. The van der Waals surface area contributed by atoms with Gasteiger partial charge in [0, 0.05) is 35.8 Å². The maximum Gasteiger partial charge on any atom is 0.319 e. The Hall–Kier alpha value is -6.48. The van der Waals surface area contributed by atoms with Crippen LogP contribution in [0.15, 0.2) is 121 Å². The molecular weight excluding hydrogens is 628 g/mol. The molecular formula is C41H36N4O5. The van der Waals surface area contributed by atoms with Crippen LogP contribution in [0.25, 0.3) is 40.1 Å². The first kappa shape index (κ1) is 32.1. The number of fused-ring (bicyclic) bond motifs is 1. The second kappa shape index (κ2) is 14.3. The number of benzene rings is 5. The lowest BCUT2D eigenvalue weighted by atomic mass is 10.0. The van der Waals surface area contributed by atoms with E-state index in [1.54, 1.807) is 18.8 Å². The lowest BCUT2D eigenvalue weighted by Gasteiger charge is -2.17. The second-order valence-corrected chi connectivity index (χ2v) is 11.7. The number of nitrogens with zero attached hydrogens (tertiary/aromatic N) is 4. The Balaban J connectivity index is 1.37. The van der Waals surface area contributed by atoms with E-state index in [1.807, 2.05) is 145 Å². The first-order valence-electron chi connectivity index (χ1n) is 16.1. The zero-order valence-corrected chi connectivity index (χ0v) is 28.0. The van der Waals surface area contributed by atoms with E-state index in [-0.39, 0.29) is 6.01 Å². The molecule has 50 heavy (non-hydrogen) atoms. The van der Waals surface area contributed by atoms with Crippen molar-refractivity contribution in [3.63, 3.8) is 0 Å². The molecule has 0 radical (unpaired) electrons. The first-order chi connectivity index (χ1) is 24.5. The number of hydrogen-bond donors (Lipinski definition) is 1. The van der Waals surface area contributed by atoms with Crippen molar-refractivity contribution >= 4 is 23.1 Å². The normalized spacial score (nSPS) is 11.3. The van der Waals surface area contributed by atoms with Gasteiger partial charge in [0.1, 0.15) is 24.7 Å². The van der Waals surface area contributed by atoms with Crippen LogP contribution in [-0.2, 0) is 20.3 Å². The SMILES string of the molecule is COc1ccc(/C=C/c2cc(-c3nnc(O)n3-c3ccc4c(ccn4C)c3)c(OCc3ccccc3)cc2OCc2ccccc2)cc1OC. The van der Waals surface area contributed by atoms with Gasteiger partial charge in [-0.3, -0.25) is 0 Å². The lowest BCUT2D eigenvalue weighted by molar-refractivity contribution is 0.290. The van der Waals surface area contributed by atoms with Crippen molar-refractivity contribution in [3.8, 4) is 46.1 Å². The van der Waals surface area contributed by atoms with Gasteiger partial charge in [0.15, 0.2) is 17.3 Å². The number of ether oxygens (including phenoxy) is 4. The molecule has 0 aliphatic rings. The fourth-order valence-electron chi connectivity index (χ4n) is 5.84. The summed E-state index contributed by atoms with van der Waals surface area (Å²) in [4.78, 5) is 0. The predicted octanol–water partition coefficient (Wildman–Crippen LogP) is 8.48. The molecule has 0 atom stereocenters. The van der Waals surface area contributed by atoms with Crippen LogP contribution in [-0.4, -0.2) is 38.7 Å². The lowest BCUT2D eigenvalue weighted by Crippen LogP contribution is -2.04. The molecule has 0 aliphatic carbocycles. The van der Waals surface area contributed by atoms with E-state index >= 15 is 0 Å². The van der Waals surface area contributed by atoms with Crippen molar-refractivity contribution in [2.45, 2.75) is 13.2 Å². The summed E-state index contributed by atoms with van der Waals surface area (Å²) >= 11 is 0. The quantitative estimate of drug-likeness (QED) is 0.131. The van der Waals surface area contributed by atoms with Gasteiger partial charge in [-0.1, -0.05) is 84.0 Å². The molecule has 2 aromatic heterocycles. The van der Waals surface area contributed by atoms with Crippen LogP contribution < -0.4 is 18.9 Å². The average Bonchev–Trinajstić information content (AvgIpc) is 3.74. The number of aromatic hydroxyl groups is 1. The number of aromatic nitrogens is 4. The summed E-state index contributed by atoms with van der Waals surface area (Å²) in [6, 6.07) is 37.3. The number of hydrogen-bond acceptors (Lipinski definition) is 7. The van der Waals surface area contributed by atoms with Crippen molar-refractivity contribution in [3.05, 3.63) is 144 Å². The van der Waals surface area contributed by atoms with Crippen molar-refractivity contribution < 1.29 is 24.1 Å². The Morgan fingerprint density at radius 3 is 2.06 bits per heavy atom. The minimum atomic E-state index is -0.240. The van der Waals surface area contributed by atoms with Crippen LogP contribution >= 0.6 is 0 Å². The van der Waals surface area contributed by atoms with Gasteiger partial charge in [-0.25, -0.2) is 4.57 Å². The third kappa shape index (κ3) is 6.75. The van der Waals surface area contributed by atoms with Gasteiger partial charge >= 0.3 is 6.01 Å². The Kier molecular flexibility index (Phi) is 9.20. The van der Waals surface area contributed by atoms with Crippen molar-refractivity contribution in [1.82, 2.24) is 19.3 Å². The zero-order valence-electron chi connectivity index (χ0n) is 28.0. The maximum atomic E-state index is 11.1. The molecule has 250 valence electrons. The summed E-state index contributed by atoms with van der Waals surface area (Å²) in [5.41, 5.74) is 6.10. The van der Waals surface area contributed by atoms with Gasteiger partial charge in [0.05, 0.1) is 25.5 Å². The van der Waals surface area contributed by atoms with Gasteiger partial charge in [0.25, 0.3) is 0 Å². The highest BCUT2D eigenvalue weighted by Crippen LogP contribution is 2.40. The van der Waals surface area contributed by atoms with Gasteiger partial charge in [-0.2, -0.15) is 0 Å². The highest BCUT2D eigenvalue weighted by atomic mass is 16.5. The molecule has 0 spiro atoms.